The Balaban J connectivity index is 1.56. The maximum atomic E-state index is 12.3. The minimum atomic E-state index is -0.244. The standard InChI is InChI=1S/C24H18N2O2S/c1-25-23(27)22(29-24(25)28)13-19-15-26(21-9-5-4-8-20(19)21)14-16-10-11-17-6-2-3-7-18(17)12-16/h2-13,15H,14H2,1H3/b22-13-. The highest BCUT2D eigenvalue weighted by Gasteiger charge is 2.32. The van der Waals surface area contributed by atoms with Gasteiger partial charge in [-0.25, -0.2) is 0 Å². The van der Waals surface area contributed by atoms with E-state index in [9.17, 15) is 9.59 Å². The third-order valence-electron chi connectivity index (χ3n) is 5.26. The van der Waals surface area contributed by atoms with Crippen molar-refractivity contribution in [3.05, 3.63) is 89.0 Å². The first kappa shape index (κ1) is 17.8. The van der Waals surface area contributed by atoms with Gasteiger partial charge in [0.1, 0.15) is 0 Å². The Hall–Kier alpha value is -3.31. The van der Waals surface area contributed by atoms with E-state index in [1.165, 1.54) is 23.4 Å². The van der Waals surface area contributed by atoms with E-state index in [0.717, 1.165) is 39.7 Å². The summed E-state index contributed by atoms with van der Waals surface area (Å²) < 4.78 is 2.20. The van der Waals surface area contributed by atoms with Crippen molar-refractivity contribution in [1.29, 1.82) is 0 Å². The number of imide groups is 1. The lowest BCUT2D eigenvalue weighted by Gasteiger charge is -2.07. The van der Waals surface area contributed by atoms with E-state index in [-0.39, 0.29) is 11.1 Å². The Morgan fingerprint density at radius 3 is 2.48 bits per heavy atom. The van der Waals surface area contributed by atoms with Gasteiger partial charge >= 0.3 is 0 Å². The number of likely N-dealkylation sites (N-methyl/N-ethyl adjacent to an activating group) is 1. The molecule has 1 aliphatic rings. The summed E-state index contributed by atoms with van der Waals surface area (Å²) in [6.45, 7) is 0.731. The summed E-state index contributed by atoms with van der Waals surface area (Å²) in [6, 6.07) is 23.0. The van der Waals surface area contributed by atoms with Crippen LogP contribution in [0.4, 0.5) is 4.79 Å². The first-order valence-corrected chi connectivity index (χ1v) is 10.2. The molecule has 5 rings (SSSR count). The molecule has 0 N–H and O–H groups in total. The Bertz CT molecular complexity index is 1320. The molecule has 0 bridgehead atoms. The number of amides is 2. The van der Waals surface area contributed by atoms with Crippen LogP contribution in [-0.4, -0.2) is 27.7 Å². The minimum Gasteiger partial charge on any atom is -0.342 e. The van der Waals surface area contributed by atoms with E-state index < -0.39 is 0 Å². The third-order valence-corrected chi connectivity index (χ3v) is 6.22. The van der Waals surface area contributed by atoms with Gasteiger partial charge in [0.15, 0.2) is 0 Å². The van der Waals surface area contributed by atoms with Crippen molar-refractivity contribution in [2.75, 3.05) is 7.05 Å². The maximum absolute atomic E-state index is 12.3. The van der Waals surface area contributed by atoms with Gasteiger partial charge in [-0.15, -0.1) is 0 Å². The number of carbonyl (C=O) groups is 2. The molecule has 4 aromatic rings. The number of benzene rings is 3. The molecule has 1 aliphatic heterocycles. The number of fused-ring (bicyclic) bond motifs is 2. The smallest absolute Gasteiger partial charge is 0.293 e. The van der Waals surface area contributed by atoms with Gasteiger partial charge < -0.3 is 4.57 Å². The first-order chi connectivity index (χ1) is 14.1. The van der Waals surface area contributed by atoms with Crippen molar-refractivity contribution in [1.82, 2.24) is 9.47 Å². The number of para-hydroxylation sites is 1. The summed E-state index contributed by atoms with van der Waals surface area (Å²) in [5.74, 6) is -0.244. The van der Waals surface area contributed by atoms with Crippen LogP contribution in [0.5, 0.6) is 0 Å². The number of carbonyl (C=O) groups excluding carboxylic acids is 2. The number of rotatable bonds is 3. The predicted molar refractivity (Wildman–Crippen MR) is 119 cm³/mol. The number of hydrogen-bond acceptors (Lipinski definition) is 3. The van der Waals surface area contributed by atoms with Crippen molar-refractivity contribution >= 4 is 50.7 Å². The van der Waals surface area contributed by atoms with Crippen LogP contribution in [0.3, 0.4) is 0 Å². The van der Waals surface area contributed by atoms with Gasteiger partial charge in [0.25, 0.3) is 11.1 Å². The molecule has 142 valence electrons. The molecule has 0 radical (unpaired) electrons. The van der Waals surface area contributed by atoms with Crippen LogP contribution in [0, 0.1) is 0 Å². The fourth-order valence-corrected chi connectivity index (χ4v) is 4.56. The second kappa shape index (κ2) is 6.94. The fraction of sp³-hybridized carbons (Fsp3) is 0.0833. The highest BCUT2D eigenvalue weighted by Crippen LogP contribution is 2.33. The van der Waals surface area contributed by atoms with Crippen LogP contribution in [0.2, 0.25) is 0 Å². The second-order valence-electron chi connectivity index (χ2n) is 7.15. The Kier molecular flexibility index (Phi) is 4.25. The summed E-state index contributed by atoms with van der Waals surface area (Å²) in [5.41, 5.74) is 3.26. The number of thioether (sulfide) groups is 1. The molecule has 0 unspecified atom stereocenters. The zero-order valence-electron chi connectivity index (χ0n) is 15.8. The fourth-order valence-electron chi connectivity index (χ4n) is 3.74. The van der Waals surface area contributed by atoms with Crippen molar-refractivity contribution in [3.63, 3.8) is 0 Å². The monoisotopic (exact) mass is 398 g/mol. The van der Waals surface area contributed by atoms with Gasteiger partial charge in [0.05, 0.1) is 4.91 Å². The Morgan fingerprint density at radius 1 is 0.931 bits per heavy atom. The normalized spacial score (nSPS) is 15.9. The highest BCUT2D eigenvalue weighted by atomic mass is 32.2. The lowest BCUT2D eigenvalue weighted by atomic mass is 10.1. The maximum Gasteiger partial charge on any atom is 0.293 e. The van der Waals surface area contributed by atoms with Gasteiger partial charge in [0.2, 0.25) is 0 Å². The van der Waals surface area contributed by atoms with E-state index in [4.69, 9.17) is 0 Å². The Morgan fingerprint density at radius 2 is 1.69 bits per heavy atom. The molecule has 1 fully saturated rings. The molecule has 4 nitrogen and oxygen atoms in total. The van der Waals surface area contributed by atoms with E-state index in [1.54, 1.807) is 0 Å². The predicted octanol–water partition coefficient (Wildman–Crippen LogP) is 5.51. The summed E-state index contributed by atoms with van der Waals surface area (Å²) in [4.78, 5) is 25.7. The van der Waals surface area contributed by atoms with Gasteiger partial charge in [0, 0.05) is 36.3 Å². The van der Waals surface area contributed by atoms with Gasteiger partial charge in [-0.1, -0.05) is 54.6 Å². The molecule has 29 heavy (non-hydrogen) atoms. The molecule has 0 atom stereocenters. The van der Waals surface area contributed by atoms with Gasteiger partial charge in [-0.2, -0.15) is 0 Å². The first-order valence-electron chi connectivity index (χ1n) is 9.37. The van der Waals surface area contributed by atoms with Crippen molar-refractivity contribution < 1.29 is 9.59 Å². The van der Waals surface area contributed by atoms with Gasteiger partial charge in [-0.3, -0.25) is 14.5 Å². The SMILES string of the molecule is CN1C(=O)S/C(=C\c2cn(Cc3ccc4ccccc4c3)c3ccccc23)C1=O. The summed E-state index contributed by atoms with van der Waals surface area (Å²) >= 11 is 0.989. The number of hydrogen-bond donors (Lipinski definition) is 0. The van der Waals surface area contributed by atoms with Crippen LogP contribution in [0.15, 0.2) is 77.8 Å². The lowest BCUT2D eigenvalue weighted by Crippen LogP contribution is -2.22. The average Bonchev–Trinajstić information content (AvgIpc) is 3.20. The van der Waals surface area contributed by atoms with Crippen LogP contribution in [0.1, 0.15) is 11.1 Å². The van der Waals surface area contributed by atoms with Crippen LogP contribution in [0.25, 0.3) is 27.8 Å². The molecule has 2 heterocycles. The van der Waals surface area contributed by atoms with E-state index >= 15 is 0 Å². The molecule has 1 saturated heterocycles. The molecule has 0 aliphatic carbocycles. The zero-order chi connectivity index (χ0) is 20.0. The largest absolute Gasteiger partial charge is 0.342 e. The van der Waals surface area contributed by atoms with Crippen molar-refractivity contribution in [2.45, 2.75) is 6.54 Å². The van der Waals surface area contributed by atoms with Crippen molar-refractivity contribution in [3.8, 4) is 0 Å². The minimum absolute atomic E-state index is 0.235. The quantitative estimate of drug-likeness (QED) is 0.428. The topological polar surface area (TPSA) is 42.3 Å². The summed E-state index contributed by atoms with van der Waals surface area (Å²) in [7, 11) is 1.52. The molecule has 0 spiro atoms. The highest BCUT2D eigenvalue weighted by molar-refractivity contribution is 8.18. The third kappa shape index (κ3) is 3.13. The van der Waals surface area contributed by atoms with Gasteiger partial charge in [-0.05, 0) is 46.3 Å². The van der Waals surface area contributed by atoms with E-state index in [2.05, 4.69) is 53.2 Å². The lowest BCUT2D eigenvalue weighted by molar-refractivity contribution is -0.121. The Labute approximate surface area is 172 Å². The molecule has 1 aromatic heterocycles. The van der Waals surface area contributed by atoms with E-state index in [0.29, 0.717) is 4.91 Å². The van der Waals surface area contributed by atoms with Crippen LogP contribution >= 0.6 is 11.8 Å². The second-order valence-corrected chi connectivity index (χ2v) is 8.14. The summed E-state index contributed by atoms with van der Waals surface area (Å²) in [6.07, 6.45) is 3.89. The number of aromatic nitrogens is 1. The zero-order valence-corrected chi connectivity index (χ0v) is 16.6. The average molecular weight is 398 g/mol. The summed E-state index contributed by atoms with van der Waals surface area (Å²) in [5, 5.41) is 3.28. The van der Waals surface area contributed by atoms with Crippen molar-refractivity contribution in [2.24, 2.45) is 0 Å². The number of nitrogens with zero attached hydrogens (tertiary/aromatic N) is 2. The molecule has 0 saturated carbocycles. The molecular weight excluding hydrogens is 380 g/mol. The molecule has 3 aromatic carbocycles. The van der Waals surface area contributed by atoms with Crippen LogP contribution < -0.4 is 0 Å². The molecular formula is C24H18N2O2S. The van der Waals surface area contributed by atoms with Crippen LogP contribution in [-0.2, 0) is 11.3 Å². The molecule has 2 amide bonds. The van der Waals surface area contributed by atoms with E-state index in [1.807, 2.05) is 30.3 Å². The molecule has 5 heteroatoms.